The number of pyridine rings is 1. The number of halogens is 1. The summed E-state index contributed by atoms with van der Waals surface area (Å²) in [7, 11) is 3.98. The summed E-state index contributed by atoms with van der Waals surface area (Å²) < 4.78 is 1.63. The summed E-state index contributed by atoms with van der Waals surface area (Å²) in [6, 6.07) is 3.89. The number of anilines is 1. The average Bonchev–Trinajstić information content (AvgIpc) is 2.79. The number of hydrogen-bond donors (Lipinski definition) is 0. The summed E-state index contributed by atoms with van der Waals surface area (Å²) >= 11 is 1.69. The van der Waals surface area contributed by atoms with E-state index < -0.39 is 0 Å². The Morgan fingerprint density at radius 1 is 1.29 bits per heavy atom. The predicted octanol–water partition coefficient (Wildman–Crippen LogP) is 0.626. The molecule has 0 radical (unpaired) electrons. The lowest BCUT2D eigenvalue weighted by Gasteiger charge is -2.20. The molecule has 0 saturated carbocycles. The smallest absolute Gasteiger partial charge is 0.420 e. The van der Waals surface area contributed by atoms with Crippen LogP contribution in [0.15, 0.2) is 46.2 Å². The van der Waals surface area contributed by atoms with Crippen LogP contribution in [0.4, 0.5) is 5.69 Å². The minimum atomic E-state index is -0.0122. The Hall–Kier alpha value is -1.02. The Morgan fingerprint density at radius 3 is 2.46 bits per heavy atom. The first-order valence-corrected chi connectivity index (χ1v) is 8.83. The first kappa shape index (κ1) is 21.0. The summed E-state index contributed by atoms with van der Waals surface area (Å²) in [6.45, 7) is 7.40. The van der Waals surface area contributed by atoms with E-state index in [0.717, 1.165) is 30.1 Å². The standard InChI is InChI=1S/C18H26N3OS.HI/c1-6-7-10-21-14(2)15(3)23-18(21)13-17(22)20-11-8-16(9-12-20)19(4)5;/h8-9,11-13H,6-7,10H2,1-5H3;1H/q+1;/p-1/b18-13-;. The van der Waals surface area contributed by atoms with Crippen molar-refractivity contribution in [2.45, 2.75) is 33.6 Å². The molecule has 4 nitrogen and oxygen atoms in total. The van der Waals surface area contributed by atoms with Gasteiger partial charge in [-0.2, -0.15) is 0 Å². The maximum absolute atomic E-state index is 12.5. The highest BCUT2D eigenvalue weighted by Gasteiger charge is 2.25. The zero-order valence-electron chi connectivity index (χ0n) is 15.0. The molecule has 6 heteroatoms. The highest BCUT2D eigenvalue weighted by Crippen LogP contribution is 2.40. The van der Waals surface area contributed by atoms with Crippen LogP contribution in [-0.2, 0) is 0 Å². The fraction of sp³-hybridized carbons (Fsp3) is 0.444. The molecule has 0 unspecified atom stereocenters. The minimum Gasteiger partial charge on any atom is -1.00 e. The molecule has 1 aliphatic heterocycles. The van der Waals surface area contributed by atoms with E-state index in [1.54, 1.807) is 22.4 Å². The quantitative estimate of drug-likeness (QED) is 0.367. The number of allylic oxidation sites excluding steroid dienone is 3. The van der Waals surface area contributed by atoms with E-state index in [0.29, 0.717) is 0 Å². The number of thioether (sulfide) groups is 1. The lowest BCUT2D eigenvalue weighted by Crippen LogP contribution is -3.00. The van der Waals surface area contributed by atoms with Crippen molar-refractivity contribution in [1.82, 2.24) is 4.90 Å². The number of nitrogens with zero attached hydrogens (tertiary/aromatic N) is 3. The van der Waals surface area contributed by atoms with Crippen LogP contribution < -0.4 is 33.4 Å². The van der Waals surface area contributed by atoms with Crippen molar-refractivity contribution in [2.24, 2.45) is 0 Å². The number of unbranched alkanes of at least 4 members (excludes halogenated alkanes) is 1. The van der Waals surface area contributed by atoms with Gasteiger partial charge in [0.1, 0.15) is 0 Å². The topological polar surface area (TPSA) is 27.4 Å². The molecular weight excluding hydrogens is 433 g/mol. The van der Waals surface area contributed by atoms with Crippen molar-refractivity contribution in [3.8, 4) is 0 Å². The molecule has 0 N–H and O–H groups in total. The van der Waals surface area contributed by atoms with Crippen LogP contribution in [0.1, 0.15) is 38.4 Å². The van der Waals surface area contributed by atoms with E-state index in [9.17, 15) is 4.79 Å². The molecule has 0 aromatic carbocycles. The molecule has 0 fully saturated rings. The van der Waals surface area contributed by atoms with Crippen LogP contribution in [0.3, 0.4) is 0 Å². The van der Waals surface area contributed by atoms with E-state index in [4.69, 9.17) is 0 Å². The number of aromatic nitrogens is 1. The largest absolute Gasteiger partial charge is 1.00 e. The summed E-state index contributed by atoms with van der Waals surface area (Å²) in [5.41, 5.74) is 2.34. The number of carbonyl (C=O) groups is 1. The second-order valence-electron chi connectivity index (χ2n) is 5.93. The SMILES string of the molecule is CCCCN1C(C)=C(C)S/C1=C\C(=O)[n+]1ccc(N(C)C)cc1.[I-]. The number of hydrogen-bond acceptors (Lipinski definition) is 4. The van der Waals surface area contributed by atoms with E-state index in [1.165, 1.54) is 10.6 Å². The van der Waals surface area contributed by atoms with Gasteiger partial charge in [0.2, 0.25) is 0 Å². The van der Waals surface area contributed by atoms with Crippen molar-refractivity contribution >= 4 is 23.4 Å². The zero-order valence-corrected chi connectivity index (χ0v) is 18.0. The van der Waals surface area contributed by atoms with Crippen LogP contribution in [0.5, 0.6) is 0 Å². The van der Waals surface area contributed by atoms with Gasteiger partial charge in [-0.15, -0.1) is 4.57 Å². The molecular formula is C18H26IN3OS. The van der Waals surface area contributed by atoms with Crippen molar-refractivity contribution in [3.05, 3.63) is 46.2 Å². The highest BCUT2D eigenvalue weighted by atomic mass is 127. The molecule has 0 saturated heterocycles. The van der Waals surface area contributed by atoms with E-state index in [-0.39, 0.29) is 29.9 Å². The molecule has 2 rings (SSSR count). The lowest BCUT2D eigenvalue weighted by molar-refractivity contribution is -0.570. The van der Waals surface area contributed by atoms with Gasteiger partial charge in [-0.3, -0.25) is 0 Å². The van der Waals surface area contributed by atoms with E-state index in [2.05, 4.69) is 25.7 Å². The summed E-state index contributed by atoms with van der Waals surface area (Å²) in [4.78, 5) is 18.1. The molecule has 1 aromatic rings. The number of rotatable bonds is 5. The van der Waals surface area contributed by atoms with Gasteiger partial charge >= 0.3 is 5.91 Å². The van der Waals surface area contributed by atoms with Crippen LogP contribution in [0.25, 0.3) is 0 Å². The van der Waals surface area contributed by atoms with Crippen LogP contribution in [0, 0.1) is 0 Å². The Bertz CT molecular complexity index is 638. The van der Waals surface area contributed by atoms with Gasteiger partial charge in [-0.1, -0.05) is 25.1 Å². The first-order chi connectivity index (χ1) is 10.9. The van der Waals surface area contributed by atoms with Gasteiger partial charge in [-0.25, -0.2) is 4.79 Å². The van der Waals surface area contributed by atoms with Gasteiger partial charge in [0, 0.05) is 49.1 Å². The average molecular weight is 459 g/mol. The van der Waals surface area contributed by atoms with Crippen molar-refractivity contribution in [2.75, 3.05) is 25.5 Å². The van der Waals surface area contributed by atoms with E-state index in [1.807, 2.05) is 43.5 Å². The van der Waals surface area contributed by atoms with Gasteiger partial charge < -0.3 is 33.8 Å². The maximum atomic E-state index is 12.5. The van der Waals surface area contributed by atoms with Crippen molar-refractivity contribution < 1.29 is 33.3 Å². The molecule has 0 spiro atoms. The second-order valence-corrected chi connectivity index (χ2v) is 7.16. The molecule has 0 bridgehead atoms. The van der Waals surface area contributed by atoms with Gasteiger partial charge in [0.05, 0.1) is 11.1 Å². The summed E-state index contributed by atoms with van der Waals surface area (Å²) in [6.07, 6.45) is 7.66. The Labute approximate surface area is 166 Å². The molecule has 0 atom stereocenters. The van der Waals surface area contributed by atoms with Crippen LogP contribution in [-0.4, -0.2) is 31.4 Å². The van der Waals surface area contributed by atoms with Crippen LogP contribution >= 0.6 is 11.8 Å². The fourth-order valence-corrected chi connectivity index (χ4v) is 3.46. The number of carbonyl (C=O) groups excluding carboxylic acids is 1. The van der Waals surface area contributed by atoms with E-state index >= 15 is 0 Å². The lowest BCUT2D eigenvalue weighted by atomic mass is 10.3. The fourth-order valence-electron chi connectivity index (χ4n) is 2.39. The van der Waals surface area contributed by atoms with Crippen molar-refractivity contribution in [1.29, 1.82) is 0 Å². The first-order valence-electron chi connectivity index (χ1n) is 8.01. The molecule has 2 heterocycles. The minimum absolute atomic E-state index is 0. The van der Waals surface area contributed by atoms with Gasteiger partial charge in [0.25, 0.3) is 0 Å². The Balaban J connectivity index is 0.00000288. The molecule has 132 valence electrons. The molecule has 24 heavy (non-hydrogen) atoms. The summed E-state index contributed by atoms with van der Waals surface area (Å²) in [5.74, 6) is -0.0122. The molecule has 1 aliphatic rings. The highest BCUT2D eigenvalue weighted by molar-refractivity contribution is 8.06. The zero-order chi connectivity index (χ0) is 17.0. The van der Waals surface area contributed by atoms with Gasteiger partial charge in [0.15, 0.2) is 12.4 Å². The molecule has 0 aliphatic carbocycles. The Morgan fingerprint density at radius 2 is 1.92 bits per heavy atom. The predicted molar refractivity (Wildman–Crippen MR) is 97.3 cm³/mol. The Kier molecular flexibility index (Phi) is 8.29. The monoisotopic (exact) mass is 459 g/mol. The third kappa shape index (κ3) is 4.99. The normalized spacial score (nSPS) is 15.7. The summed E-state index contributed by atoms with van der Waals surface area (Å²) in [5, 5.41) is 1.03. The second kappa shape index (κ2) is 9.46. The van der Waals surface area contributed by atoms with Crippen LogP contribution in [0.2, 0.25) is 0 Å². The molecule has 0 amide bonds. The molecule has 1 aromatic heterocycles. The maximum Gasteiger partial charge on any atom is 0.420 e. The third-order valence-corrected chi connectivity index (χ3v) is 5.15. The third-order valence-electron chi connectivity index (χ3n) is 4.00. The van der Waals surface area contributed by atoms with Crippen molar-refractivity contribution in [3.63, 3.8) is 0 Å². The van der Waals surface area contributed by atoms with Gasteiger partial charge in [-0.05, 0) is 20.3 Å².